The number of carbonyl (C=O) groups is 1. The van der Waals surface area contributed by atoms with Gasteiger partial charge in [-0.3, -0.25) is 28.7 Å². The van der Waals surface area contributed by atoms with Gasteiger partial charge in [0.25, 0.3) is 19.5 Å². The minimum atomic E-state index is -3.05. The smallest absolute Gasteiger partial charge is 0.386 e. The van der Waals surface area contributed by atoms with Gasteiger partial charge in [-0.15, -0.1) is 0 Å². The molecule has 0 aliphatic carbocycles. The van der Waals surface area contributed by atoms with Crippen molar-refractivity contribution in [2.24, 2.45) is 0 Å². The Balaban J connectivity index is 0.000000235. The summed E-state index contributed by atoms with van der Waals surface area (Å²) in [5.41, 5.74) is -3.53. The highest BCUT2D eigenvalue weighted by molar-refractivity contribution is 7.63. The van der Waals surface area contributed by atoms with Crippen LogP contribution >= 0.6 is 8.38 Å². The van der Waals surface area contributed by atoms with Gasteiger partial charge in [0, 0.05) is 23.5 Å². The molecule has 20 heteroatoms. The Bertz CT molecular complexity index is 1490. The minimum absolute atomic E-state index is 0.240. The van der Waals surface area contributed by atoms with Crippen LogP contribution in [0.3, 0.4) is 0 Å². The second-order valence-electron chi connectivity index (χ2n) is 9.13. The van der Waals surface area contributed by atoms with Gasteiger partial charge in [-0.25, -0.2) is 14.4 Å². The molecule has 0 bridgehead atoms. The number of aromatic amines is 2. The zero-order valence-electron chi connectivity index (χ0n) is 22.1. The standard InChI is InChI=1S/C11H15N2O9P.C11H16N2O6/c1-2-4-3-13(10(17)12-7(4)16)8-5(14)6(15)9(21-8)22-11(18)23(19)20;1-2-5-3-13(11(18)12-9(5)17)10-8(16)7(15)6(4-14)19-10/h3,5-6,8-9,14-15,19-20H,2H2,1H3,(H,12,16,17);3,6-8,10,14-16H,2,4H2,1H3,(H,12,17,18)/t5-,6-,8+,9+;6-,7-,8+,10-/m01/s1. The van der Waals surface area contributed by atoms with Crippen molar-refractivity contribution in [3.63, 3.8) is 0 Å². The van der Waals surface area contributed by atoms with Crippen molar-refractivity contribution in [1.29, 1.82) is 0 Å². The van der Waals surface area contributed by atoms with Crippen molar-refractivity contribution in [3.8, 4) is 0 Å². The van der Waals surface area contributed by atoms with Gasteiger partial charge in [0.05, 0.1) is 6.61 Å². The van der Waals surface area contributed by atoms with Crippen molar-refractivity contribution in [2.45, 2.75) is 76.0 Å². The van der Waals surface area contributed by atoms with Gasteiger partial charge < -0.3 is 49.5 Å². The molecule has 0 spiro atoms. The summed E-state index contributed by atoms with van der Waals surface area (Å²) in [6.45, 7) is 2.94. The molecule has 2 aliphatic heterocycles. The number of nitrogens with one attached hydrogen (secondary N) is 2. The fraction of sp³-hybridized carbons (Fsp3) is 0.591. The topological polar surface area (TPSA) is 296 Å². The van der Waals surface area contributed by atoms with Crippen molar-refractivity contribution in [2.75, 3.05) is 6.61 Å². The highest BCUT2D eigenvalue weighted by Gasteiger charge is 2.47. The molecule has 4 heterocycles. The summed E-state index contributed by atoms with van der Waals surface area (Å²) >= 11 is 0. The van der Waals surface area contributed by atoms with Crippen molar-refractivity contribution < 1.29 is 54.3 Å². The van der Waals surface area contributed by atoms with Crippen LogP contribution < -0.4 is 22.5 Å². The van der Waals surface area contributed by atoms with Gasteiger partial charge in [0.15, 0.2) is 12.5 Å². The largest absolute Gasteiger partial charge is 0.426 e. The van der Waals surface area contributed by atoms with Gasteiger partial charge >= 0.3 is 17.1 Å². The number of hydrogen-bond donors (Lipinski definition) is 9. The molecular weight excluding hydrogens is 591 g/mol. The van der Waals surface area contributed by atoms with Crippen LogP contribution in [-0.4, -0.2) is 104 Å². The van der Waals surface area contributed by atoms with E-state index in [9.17, 15) is 44.4 Å². The van der Waals surface area contributed by atoms with E-state index < -0.39 is 92.5 Å². The number of hydrogen-bond acceptors (Lipinski definition) is 15. The Morgan fingerprint density at radius 1 is 0.833 bits per heavy atom. The van der Waals surface area contributed by atoms with Crippen LogP contribution in [0.5, 0.6) is 0 Å². The zero-order valence-corrected chi connectivity index (χ0v) is 23.0. The Morgan fingerprint density at radius 2 is 1.29 bits per heavy atom. The minimum Gasteiger partial charge on any atom is -0.426 e. The summed E-state index contributed by atoms with van der Waals surface area (Å²) in [4.78, 5) is 79.2. The second kappa shape index (κ2) is 13.9. The maximum atomic E-state index is 11.8. The van der Waals surface area contributed by atoms with Gasteiger partial charge in [-0.1, -0.05) is 13.8 Å². The van der Waals surface area contributed by atoms with E-state index in [0.29, 0.717) is 18.4 Å². The van der Waals surface area contributed by atoms with E-state index >= 15 is 0 Å². The molecule has 234 valence electrons. The monoisotopic (exact) mass is 622 g/mol. The molecule has 0 amide bonds. The Kier molecular flexibility index (Phi) is 11.1. The Hall–Kier alpha value is -3.10. The number of ether oxygens (including phenoxy) is 3. The summed E-state index contributed by atoms with van der Waals surface area (Å²) in [6.07, 6.45) is -8.08. The van der Waals surface area contributed by atoms with E-state index in [0.717, 1.165) is 15.3 Å². The molecule has 8 atom stereocenters. The Morgan fingerprint density at radius 3 is 1.69 bits per heavy atom. The number of aliphatic hydroxyl groups is 5. The SMILES string of the molecule is CCc1cn([C@@H]2O[C@H](CO)[C@@H](O)[C@@H]2O)c(=O)[nH]c1=O.CCc1cn([C@@H]2O[C@H](OC(=O)P(O)O)[C@@H](O)[C@@H]2O)c(=O)[nH]c1=O. The lowest BCUT2D eigenvalue weighted by atomic mass is 10.1. The molecule has 4 rings (SSSR count). The number of rotatable bonds is 7. The van der Waals surface area contributed by atoms with Gasteiger partial charge in [0.2, 0.25) is 6.29 Å². The summed E-state index contributed by atoms with van der Waals surface area (Å²) in [7, 11) is -3.05. The lowest BCUT2D eigenvalue weighted by Crippen LogP contribution is -2.38. The molecule has 2 fully saturated rings. The quantitative estimate of drug-likeness (QED) is 0.132. The second-order valence-corrected chi connectivity index (χ2v) is 10.1. The summed E-state index contributed by atoms with van der Waals surface area (Å²) in [6, 6.07) is 0. The molecule has 9 N–H and O–H groups in total. The number of H-pyrrole nitrogens is 2. The summed E-state index contributed by atoms with van der Waals surface area (Å²) < 4.78 is 16.7. The predicted octanol–water partition coefficient (Wildman–Crippen LogP) is -4.18. The average molecular weight is 622 g/mol. The number of carbonyl (C=O) groups excluding carboxylic acids is 1. The van der Waals surface area contributed by atoms with Gasteiger partial charge in [-0.2, -0.15) is 0 Å². The normalized spacial score (nSPS) is 28.9. The third-order valence-corrected chi connectivity index (χ3v) is 6.92. The number of aromatic nitrogens is 4. The summed E-state index contributed by atoms with van der Waals surface area (Å²) in [5.74, 6) is 0. The molecule has 2 aromatic rings. The lowest BCUT2D eigenvalue weighted by Gasteiger charge is -2.17. The molecule has 42 heavy (non-hydrogen) atoms. The molecule has 2 saturated heterocycles. The van der Waals surface area contributed by atoms with E-state index in [1.165, 1.54) is 6.20 Å². The first kappa shape index (κ1) is 33.4. The van der Waals surface area contributed by atoms with Crippen LogP contribution in [0.2, 0.25) is 0 Å². The third kappa shape index (κ3) is 6.92. The van der Waals surface area contributed by atoms with Gasteiger partial charge in [-0.05, 0) is 12.8 Å². The number of nitrogens with zero attached hydrogens (tertiary/aromatic N) is 2. The zero-order chi connectivity index (χ0) is 31.5. The van der Waals surface area contributed by atoms with Crippen molar-refractivity contribution in [3.05, 3.63) is 65.2 Å². The fourth-order valence-corrected chi connectivity index (χ4v) is 4.35. The lowest BCUT2D eigenvalue weighted by molar-refractivity contribution is -0.140. The molecular formula is C22H31N4O15P. The molecule has 2 aromatic heterocycles. The predicted molar refractivity (Wildman–Crippen MR) is 138 cm³/mol. The molecule has 0 aromatic carbocycles. The first-order valence-electron chi connectivity index (χ1n) is 12.5. The number of aliphatic hydroxyl groups excluding tert-OH is 5. The van der Waals surface area contributed by atoms with Crippen molar-refractivity contribution in [1.82, 2.24) is 19.1 Å². The third-order valence-electron chi connectivity index (χ3n) is 6.49. The highest BCUT2D eigenvalue weighted by atomic mass is 31.2. The molecule has 0 saturated carbocycles. The molecule has 19 nitrogen and oxygen atoms in total. The van der Waals surface area contributed by atoms with E-state index in [1.54, 1.807) is 13.8 Å². The van der Waals surface area contributed by atoms with Crippen molar-refractivity contribution >= 4 is 14.1 Å². The van der Waals surface area contributed by atoms with Crippen LogP contribution in [0, 0.1) is 0 Å². The highest BCUT2D eigenvalue weighted by Crippen LogP contribution is 2.33. The van der Waals surface area contributed by atoms with E-state index in [2.05, 4.69) is 9.72 Å². The van der Waals surface area contributed by atoms with E-state index in [-0.39, 0.29) is 5.56 Å². The summed E-state index contributed by atoms with van der Waals surface area (Å²) in [5, 5.41) is 48.2. The van der Waals surface area contributed by atoms with Gasteiger partial charge in [0.1, 0.15) is 30.5 Å². The molecule has 0 radical (unpaired) electrons. The molecule has 2 aliphatic rings. The van der Waals surface area contributed by atoms with Crippen LogP contribution in [0.15, 0.2) is 31.6 Å². The first-order valence-corrected chi connectivity index (χ1v) is 13.7. The van der Waals surface area contributed by atoms with E-state index in [1.807, 2.05) is 4.98 Å². The molecule has 0 unspecified atom stereocenters. The first-order chi connectivity index (χ1) is 19.7. The fourth-order valence-electron chi connectivity index (χ4n) is 4.15. The van der Waals surface area contributed by atoms with Crippen LogP contribution in [0.4, 0.5) is 4.79 Å². The average Bonchev–Trinajstić information content (AvgIpc) is 3.38. The maximum Gasteiger partial charge on any atom is 0.386 e. The van der Waals surface area contributed by atoms with Crippen LogP contribution in [-0.2, 0) is 27.1 Å². The number of aryl methyl sites for hydroxylation is 2. The Labute approximate surface area is 235 Å². The van der Waals surface area contributed by atoms with E-state index in [4.69, 9.17) is 24.4 Å². The maximum absolute atomic E-state index is 11.8. The van der Waals surface area contributed by atoms with Crippen LogP contribution in [0.1, 0.15) is 37.4 Å². The van der Waals surface area contributed by atoms with Crippen LogP contribution in [0.25, 0.3) is 0 Å².